The fourth-order valence-electron chi connectivity index (χ4n) is 2.91. The molecule has 2 nitrogen and oxygen atoms in total. The van der Waals surface area contributed by atoms with E-state index < -0.39 is 0 Å². The third-order valence-corrected chi connectivity index (χ3v) is 4.92. The lowest BCUT2D eigenvalue weighted by Gasteiger charge is -2.39. The molecule has 3 heteroatoms. The number of piperidine rings is 1. The summed E-state index contributed by atoms with van der Waals surface area (Å²) >= 11 is 2.14. The molecule has 2 atom stereocenters. The van der Waals surface area contributed by atoms with Gasteiger partial charge >= 0.3 is 0 Å². The first-order valence-electron chi connectivity index (χ1n) is 6.40. The smallest absolute Gasteiger partial charge is 0.0197 e. The van der Waals surface area contributed by atoms with Crippen LogP contribution in [0.15, 0.2) is 0 Å². The lowest BCUT2D eigenvalue weighted by atomic mass is 9.97. The van der Waals surface area contributed by atoms with E-state index >= 15 is 0 Å². The van der Waals surface area contributed by atoms with Gasteiger partial charge in [0.1, 0.15) is 0 Å². The van der Waals surface area contributed by atoms with Gasteiger partial charge in [0.25, 0.3) is 0 Å². The molecular weight excluding hydrogens is 204 g/mol. The van der Waals surface area contributed by atoms with Crippen molar-refractivity contribution in [3.63, 3.8) is 0 Å². The number of hydrogen-bond donors (Lipinski definition) is 1. The Balaban J connectivity index is 1.86. The molecule has 0 aromatic rings. The van der Waals surface area contributed by atoms with Gasteiger partial charge in [-0.1, -0.05) is 6.42 Å². The molecular formula is C12H24N2S. The minimum absolute atomic E-state index is 0.870. The Morgan fingerprint density at radius 1 is 1.33 bits per heavy atom. The highest BCUT2D eigenvalue weighted by atomic mass is 32.2. The first-order valence-corrected chi connectivity index (χ1v) is 7.55. The van der Waals surface area contributed by atoms with Crippen LogP contribution in [-0.2, 0) is 0 Å². The van der Waals surface area contributed by atoms with Crippen molar-refractivity contribution in [1.29, 1.82) is 0 Å². The molecule has 0 amide bonds. The van der Waals surface area contributed by atoms with Crippen molar-refractivity contribution in [2.24, 2.45) is 0 Å². The zero-order valence-electron chi connectivity index (χ0n) is 9.87. The molecule has 2 unspecified atom stereocenters. The summed E-state index contributed by atoms with van der Waals surface area (Å²) in [7, 11) is 2.07. The van der Waals surface area contributed by atoms with Gasteiger partial charge in [-0.2, -0.15) is 11.8 Å². The van der Waals surface area contributed by atoms with E-state index in [4.69, 9.17) is 0 Å². The molecule has 0 aromatic carbocycles. The Bertz CT molecular complexity index is 180. The Morgan fingerprint density at radius 2 is 2.27 bits per heavy atom. The van der Waals surface area contributed by atoms with Gasteiger partial charge in [0.05, 0.1) is 0 Å². The standard InChI is InChI=1S/C12H24N2S/c1-13-7-5-11-4-2-3-8-14(11)12-6-9-15-10-12/h11-13H,2-10H2,1H3. The quantitative estimate of drug-likeness (QED) is 0.792. The summed E-state index contributed by atoms with van der Waals surface area (Å²) in [5.74, 6) is 2.77. The second kappa shape index (κ2) is 6.12. The molecule has 2 fully saturated rings. The van der Waals surface area contributed by atoms with Crippen molar-refractivity contribution in [3.8, 4) is 0 Å². The highest BCUT2D eigenvalue weighted by molar-refractivity contribution is 7.99. The maximum Gasteiger partial charge on any atom is 0.0197 e. The first-order chi connectivity index (χ1) is 7.42. The van der Waals surface area contributed by atoms with Gasteiger partial charge < -0.3 is 5.32 Å². The van der Waals surface area contributed by atoms with Crippen molar-refractivity contribution >= 4 is 11.8 Å². The number of nitrogens with zero attached hydrogens (tertiary/aromatic N) is 1. The lowest BCUT2D eigenvalue weighted by Crippen LogP contribution is -2.47. The molecule has 2 aliphatic rings. The van der Waals surface area contributed by atoms with Crippen molar-refractivity contribution in [2.75, 3.05) is 31.6 Å². The molecule has 0 aromatic heterocycles. The summed E-state index contributed by atoms with van der Waals surface area (Å²) in [6.07, 6.45) is 7.09. The van der Waals surface area contributed by atoms with E-state index in [1.54, 1.807) is 0 Å². The average Bonchev–Trinajstić information content (AvgIpc) is 2.80. The number of nitrogens with one attached hydrogen (secondary N) is 1. The van der Waals surface area contributed by atoms with Crippen LogP contribution in [0.5, 0.6) is 0 Å². The van der Waals surface area contributed by atoms with Crippen molar-refractivity contribution < 1.29 is 0 Å². The van der Waals surface area contributed by atoms with Gasteiger partial charge in [0, 0.05) is 17.8 Å². The monoisotopic (exact) mass is 228 g/mol. The van der Waals surface area contributed by atoms with Crippen molar-refractivity contribution in [2.45, 2.75) is 44.2 Å². The summed E-state index contributed by atoms with van der Waals surface area (Å²) in [6, 6.07) is 1.77. The molecule has 0 spiro atoms. The van der Waals surface area contributed by atoms with Gasteiger partial charge in [0.2, 0.25) is 0 Å². The second-order valence-corrected chi connectivity index (χ2v) is 5.95. The van der Waals surface area contributed by atoms with Crippen molar-refractivity contribution in [3.05, 3.63) is 0 Å². The first kappa shape index (κ1) is 11.7. The van der Waals surface area contributed by atoms with Crippen LogP contribution in [0.2, 0.25) is 0 Å². The molecule has 2 heterocycles. The molecule has 2 saturated heterocycles. The average molecular weight is 228 g/mol. The second-order valence-electron chi connectivity index (χ2n) is 4.80. The predicted molar refractivity (Wildman–Crippen MR) is 68.6 cm³/mol. The minimum atomic E-state index is 0.870. The van der Waals surface area contributed by atoms with E-state index in [0.717, 1.165) is 12.1 Å². The highest BCUT2D eigenvalue weighted by Gasteiger charge is 2.30. The van der Waals surface area contributed by atoms with Gasteiger partial charge in [-0.25, -0.2) is 0 Å². The predicted octanol–water partition coefficient (Wildman–Crippen LogP) is 1.96. The molecule has 2 aliphatic heterocycles. The maximum atomic E-state index is 3.29. The van der Waals surface area contributed by atoms with Gasteiger partial charge in [0.15, 0.2) is 0 Å². The summed E-state index contributed by atoms with van der Waals surface area (Å²) < 4.78 is 0. The van der Waals surface area contributed by atoms with E-state index in [0.29, 0.717) is 0 Å². The van der Waals surface area contributed by atoms with Crippen LogP contribution in [-0.4, -0.2) is 48.6 Å². The van der Waals surface area contributed by atoms with Gasteiger partial charge in [-0.15, -0.1) is 0 Å². The summed E-state index contributed by atoms with van der Waals surface area (Å²) in [5.41, 5.74) is 0. The highest BCUT2D eigenvalue weighted by Crippen LogP contribution is 2.29. The van der Waals surface area contributed by atoms with Crippen LogP contribution in [0.25, 0.3) is 0 Å². The van der Waals surface area contributed by atoms with E-state index in [-0.39, 0.29) is 0 Å². The summed E-state index contributed by atoms with van der Waals surface area (Å²) in [4.78, 5) is 2.82. The number of hydrogen-bond acceptors (Lipinski definition) is 3. The molecule has 88 valence electrons. The van der Waals surface area contributed by atoms with Crippen LogP contribution in [0.3, 0.4) is 0 Å². The molecule has 0 radical (unpaired) electrons. The fraction of sp³-hybridized carbons (Fsp3) is 1.00. The third-order valence-electron chi connectivity index (χ3n) is 3.77. The molecule has 0 bridgehead atoms. The minimum Gasteiger partial charge on any atom is -0.320 e. The topological polar surface area (TPSA) is 15.3 Å². The van der Waals surface area contributed by atoms with Gasteiger partial charge in [-0.05, 0) is 51.6 Å². The number of thioether (sulfide) groups is 1. The van der Waals surface area contributed by atoms with E-state index in [1.165, 1.54) is 56.7 Å². The SMILES string of the molecule is CNCCC1CCCCN1C1CCSC1. The van der Waals surface area contributed by atoms with Gasteiger partial charge in [-0.3, -0.25) is 4.90 Å². The van der Waals surface area contributed by atoms with E-state index in [1.807, 2.05) is 0 Å². The normalized spacial score (nSPS) is 33.4. The Kier molecular flexibility index (Phi) is 4.79. The Labute approximate surface area is 98.2 Å². The molecule has 0 aliphatic carbocycles. The maximum absolute atomic E-state index is 3.29. The fourth-order valence-corrected chi connectivity index (χ4v) is 4.14. The molecule has 15 heavy (non-hydrogen) atoms. The van der Waals surface area contributed by atoms with Crippen molar-refractivity contribution in [1.82, 2.24) is 10.2 Å². The van der Waals surface area contributed by atoms with Crippen LogP contribution in [0.1, 0.15) is 32.1 Å². The summed E-state index contributed by atoms with van der Waals surface area (Å²) in [5, 5.41) is 3.29. The van der Waals surface area contributed by atoms with Crippen LogP contribution in [0, 0.1) is 0 Å². The van der Waals surface area contributed by atoms with Crippen LogP contribution < -0.4 is 5.32 Å². The zero-order valence-corrected chi connectivity index (χ0v) is 10.7. The molecule has 2 rings (SSSR count). The third kappa shape index (κ3) is 3.11. The summed E-state index contributed by atoms with van der Waals surface area (Å²) in [6.45, 7) is 2.54. The zero-order chi connectivity index (χ0) is 10.5. The number of rotatable bonds is 4. The van der Waals surface area contributed by atoms with E-state index in [9.17, 15) is 0 Å². The van der Waals surface area contributed by atoms with Crippen LogP contribution >= 0.6 is 11.8 Å². The molecule has 1 N–H and O–H groups in total. The largest absolute Gasteiger partial charge is 0.320 e. The number of likely N-dealkylation sites (tertiary alicyclic amines) is 1. The Hall–Kier alpha value is 0.270. The van der Waals surface area contributed by atoms with Crippen LogP contribution in [0.4, 0.5) is 0 Å². The Morgan fingerprint density at radius 3 is 3.00 bits per heavy atom. The lowest BCUT2D eigenvalue weighted by molar-refractivity contribution is 0.100. The van der Waals surface area contributed by atoms with E-state index in [2.05, 4.69) is 29.0 Å². The molecule has 0 saturated carbocycles.